The minimum Gasteiger partial charge on any atom is -0.508 e. The number of unbranched alkanes of at least 4 members (excludes halogenated alkanes) is 1. The van der Waals surface area contributed by atoms with Gasteiger partial charge in [0, 0.05) is 17.4 Å². The van der Waals surface area contributed by atoms with Crippen molar-refractivity contribution >= 4 is 23.2 Å². The molecule has 0 fully saturated rings. The van der Waals surface area contributed by atoms with Gasteiger partial charge in [0.05, 0.1) is 17.9 Å². The Kier molecular flexibility index (Phi) is 5.37. The Labute approximate surface area is 151 Å². The Bertz CT molecular complexity index is 925. The van der Waals surface area contributed by atoms with E-state index < -0.39 is 0 Å². The van der Waals surface area contributed by atoms with E-state index >= 15 is 0 Å². The zero-order chi connectivity index (χ0) is 18.5. The largest absolute Gasteiger partial charge is 0.508 e. The molecule has 0 bridgehead atoms. The lowest BCUT2D eigenvalue weighted by Crippen LogP contribution is -2.07. The van der Waals surface area contributed by atoms with Crippen LogP contribution in [0.3, 0.4) is 0 Å². The highest BCUT2D eigenvalue weighted by Crippen LogP contribution is 2.24. The number of aldehydes is 1. The monoisotopic (exact) mass is 351 g/mol. The third-order valence-electron chi connectivity index (χ3n) is 4.30. The second-order valence-electron chi connectivity index (χ2n) is 6.20. The molecule has 1 heterocycles. The van der Waals surface area contributed by atoms with Crippen LogP contribution in [0, 0.1) is 0 Å². The zero-order valence-corrected chi connectivity index (χ0v) is 14.6. The molecule has 0 saturated heterocycles. The molecule has 0 atom stereocenters. The highest BCUT2D eigenvalue weighted by Gasteiger charge is 2.11. The van der Waals surface area contributed by atoms with E-state index in [1.807, 2.05) is 23.6 Å². The Hall–Kier alpha value is -3.08. The summed E-state index contributed by atoms with van der Waals surface area (Å²) in [5.74, 6) is -0.154. The van der Waals surface area contributed by atoms with Gasteiger partial charge in [-0.15, -0.1) is 0 Å². The molecule has 0 aliphatic carbocycles. The SMILES string of the molecule is CCCCOC(=O)c1ccc(Cn2c(C=O)cc3cc(O)ccc32)cc1. The Balaban J connectivity index is 1.80. The zero-order valence-electron chi connectivity index (χ0n) is 14.6. The van der Waals surface area contributed by atoms with Gasteiger partial charge in [-0.1, -0.05) is 25.5 Å². The average molecular weight is 351 g/mol. The summed E-state index contributed by atoms with van der Waals surface area (Å²) in [4.78, 5) is 23.4. The number of nitrogens with zero attached hydrogens (tertiary/aromatic N) is 1. The number of hydrogen-bond acceptors (Lipinski definition) is 4. The van der Waals surface area contributed by atoms with Gasteiger partial charge >= 0.3 is 5.97 Å². The number of esters is 1. The maximum atomic E-state index is 12.0. The van der Waals surface area contributed by atoms with Crippen LogP contribution in [0.15, 0.2) is 48.5 Å². The van der Waals surface area contributed by atoms with E-state index in [4.69, 9.17) is 4.74 Å². The van der Waals surface area contributed by atoms with Crippen molar-refractivity contribution in [3.63, 3.8) is 0 Å². The number of ether oxygens (including phenoxy) is 1. The van der Waals surface area contributed by atoms with Crippen molar-refractivity contribution < 1.29 is 19.4 Å². The normalized spacial score (nSPS) is 10.8. The molecule has 3 aromatic rings. The third kappa shape index (κ3) is 3.77. The number of benzene rings is 2. The van der Waals surface area contributed by atoms with Crippen molar-refractivity contribution in [1.29, 1.82) is 0 Å². The van der Waals surface area contributed by atoms with Gasteiger partial charge in [0.15, 0.2) is 6.29 Å². The molecule has 0 radical (unpaired) electrons. The van der Waals surface area contributed by atoms with E-state index in [1.165, 1.54) is 0 Å². The van der Waals surface area contributed by atoms with E-state index in [-0.39, 0.29) is 11.7 Å². The Morgan fingerprint density at radius 3 is 2.62 bits per heavy atom. The predicted molar refractivity (Wildman–Crippen MR) is 99.7 cm³/mol. The number of carbonyl (C=O) groups excluding carboxylic acids is 2. The molecular weight excluding hydrogens is 330 g/mol. The van der Waals surface area contributed by atoms with Crippen LogP contribution < -0.4 is 0 Å². The van der Waals surface area contributed by atoms with E-state index in [2.05, 4.69) is 0 Å². The molecule has 0 aliphatic heterocycles. The first-order chi connectivity index (χ1) is 12.6. The average Bonchev–Trinajstić information content (AvgIpc) is 2.99. The molecule has 0 unspecified atom stereocenters. The lowest BCUT2D eigenvalue weighted by Gasteiger charge is -2.09. The van der Waals surface area contributed by atoms with Gasteiger partial charge in [0.2, 0.25) is 0 Å². The van der Waals surface area contributed by atoms with Crippen LogP contribution in [-0.2, 0) is 11.3 Å². The van der Waals surface area contributed by atoms with Gasteiger partial charge in [-0.05, 0) is 48.4 Å². The number of aromatic hydroxyl groups is 1. The van der Waals surface area contributed by atoms with Crippen LogP contribution in [-0.4, -0.2) is 28.5 Å². The fourth-order valence-electron chi connectivity index (χ4n) is 2.88. The number of carbonyl (C=O) groups is 2. The predicted octanol–water partition coefficient (Wildman–Crippen LogP) is 4.16. The summed E-state index contributed by atoms with van der Waals surface area (Å²) < 4.78 is 7.09. The first-order valence-electron chi connectivity index (χ1n) is 8.66. The fraction of sp³-hybridized carbons (Fsp3) is 0.238. The van der Waals surface area contributed by atoms with E-state index in [9.17, 15) is 14.7 Å². The van der Waals surface area contributed by atoms with Crippen LogP contribution >= 0.6 is 0 Å². The van der Waals surface area contributed by atoms with E-state index in [0.717, 1.165) is 35.6 Å². The molecule has 5 heteroatoms. The maximum Gasteiger partial charge on any atom is 0.338 e. The van der Waals surface area contributed by atoms with Crippen LogP contribution in [0.5, 0.6) is 5.75 Å². The van der Waals surface area contributed by atoms with Gasteiger partial charge in [-0.2, -0.15) is 0 Å². The molecule has 0 spiro atoms. The van der Waals surface area contributed by atoms with Crippen LogP contribution in [0.25, 0.3) is 10.9 Å². The molecule has 1 aromatic heterocycles. The van der Waals surface area contributed by atoms with Gasteiger partial charge in [-0.3, -0.25) is 4.79 Å². The molecule has 2 aromatic carbocycles. The van der Waals surface area contributed by atoms with Gasteiger partial charge < -0.3 is 14.4 Å². The van der Waals surface area contributed by atoms with Crippen molar-refractivity contribution in [3.8, 4) is 5.75 Å². The Morgan fingerprint density at radius 2 is 1.92 bits per heavy atom. The molecular formula is C21H21NO4. The fourth-order valence-corrected chi connectivity index (χ4v) is 2.88. The van der Waals surface area contributed by atoms with Gasteiger partial charge in [0.25, 0.3) is 0 Å². The maximum absolute atomic E-state index is 12.0. The van der Waals surface area contributed by atoms with Crippen molar-refractivity contribution in [3.05, 3.63) is 65.4 Å². The summed E-state index contributed by atoms with van der Waals surface area (Å²) in [5.41, 5.74) is 2.88. The molecule has 0 aliphatic rings. The molecule has 26 heavy (non-hydrogen) atoms. The van der Waals surface area contributed by atoms with Crippen molar-refractivity contribution in [2.75, 3.05) is 6.61 Å². The summed E-state index contributed by atoms with van der Waals surface area (Å²) in [6, 6.07) is 14.0. The van der Waals surface area contributed by atoms with Crippen molar-refractivity contribution in [2.45, 2.75) is 26.3 Å². The van der Waals surface area contributed by atoms with E-state index in [1.54, 1.807) is 36.4 Å². The van der Waals surface area contributed by atoms with Crippen LogP contribution in [0.2, 0.25) is 0 Å². The molecule has 3 rings (SSSR count). The smallest absolute Gasteiger partial charge is 0.338 e. The quantitative estimate of drug-likeness (QED) is 0.394. The first-order valence-corrected chi connectivity index (χ1v) is 8.66. The van der Waals surface area contributed by atoms with Crippen LogP contribution in [0.1, 0.15) is 46.2 Å². The lowest BCUT2D eigenvalue weighted by molar-refractivity contribution is 0.0499. The summed E-state index contributed by atoms with van der Waals surface area (Å²) in [7, 11) is 0. The Morgan fingerprint density at radius 1 is 1.15 bits per heavy atom. The topological polar surface area (TPSA) is 68.5 Å². The van der Waals surface area contributed by atoms with Crippen LogP contribution in [0.4, 0.5) is 0 Å². The van der Waals surface area contributed by atoms with Crippen molar-refractivity contribution in [1.82, 2.24) is 4.57 Å². The number of fused-ring (bicyclic) bond motifs is 1. The van der Waals surface area contributed by atoms with Gasteiger partial charge in [-0.25, -0.2) is 4.79 Å². The molecule has 0 amide bonds. The molecule has 134 valence electrons. The summed E-state index contributed by atoms with van der Waals surface area (Å²) in [5, 5.41) is 10.4. The minimum atomic E-state index is -0.319. The number of hydrogen-bond donors (Lipinski definition) is 1. The van der Waals surface area contributed by atoms with Gasteiger partial charge in [0.1, 0.15) is 5.75 Å². The number of phenolic OH excluding ortho intramolecular Hbond substituents is 1. The number of phenols is 1. The second-order valence-corrected chi connectivity index (χ2v) is 6.20. The molecule has 0 saturated carbocycles. The van der Waals surface area contributed by atoms with Crippen molar-refractivity contribution in [2.24, 2.45) is 0 Å². The summed E-state index contributed by atoms with van der Waals surface area (Å²) >= 11 is 0. The summed E-state index contributed by atoms with van der Waals surface area (Å²) in [6.07, 6.45) is 2.64. The molecule has 1 N–H and O–H groups in total. The second kappa shape index (κ2) is 7.87. The third-order valence-corrected chi connectivity index (χ3v) is 4.30. The highest BCUT2D eigenvalue weighted by molar-refractivity contribution is 5.90. The lowest BCUT2D eigenvalue weighted by atomic mass is 10.1. The number of aromatic nitrogens is 1. The standard InChI is InChI=1S/C21H21NO4/c1-2-3-10-26-21(25)16-6-4-15(5-7-16)13-22-18(14-23)11-17-12-19(24)8-9-20(17)22/h4-9,11-12,14,24H,2-3,10,13H2,1H3. The highest BCUT2D eigenvalue weighted by atomic mass is 16.5. The summed E-state index contributed by atoms with van der Waals surface area (Å²) in [6.45, 7) is 2.97. The number of rotatable bonds is 7. The molecule has 5 nitrogen and oxygen atoms in total. The van der Waals surface area contributed by atoms with E-state index in [0.29, 0.717) is 24.4 Å². The minimum absolute atomic E-state index is 0.165. The first kappa shape index (κ1) is 17.7.